The Balaban J connectivity index is 2.42. The van der Waals surface area contributed by atoms with E-state index >= 15 is 0 Å². The molecule has 1 fully saturated rings. The second-order valence-electron chi connectivity index (χ2n) is 4.46. The Morgan fingerprint density at radius 3 is 2.79 bits per heavy atom. The van der Waals surface area contributed by atoms with Gasteiger partial charge in [-0.2, -0.15) is 4.31 Å². The zero-order valence-electron chi connectivity index (χ0n) is 10.0. The standard InChI is InChI=1S/C11H14BrFN2O3S/c12-8-4-11(10(14)5-9(8)13)19(17,18)15-3-1-2-7(16)6-15/h4-5,7,16H,1-3,6,14H2. The van der Waals surface area contributed by atoms with Crippen molar-refractivity contribution in [3.8, 4) is 0 Å². The Hall–Kier alpha value is -0.700. The van der Waals surface area contributed by atoms with Crippen LogP contribution < -0.4 is 5.73 Å². The Morgan fingerprint density at radius 1 is 1.47 bits per heavy atom. The van der Waals surface area contributed by atoms with E-state index in [1.54, 1.807) is 0 Å². The molecule has 0 aliphatic carbocycles. The van der Waals surface area contributed by atoms with Gasteiger partial charge < -0.3 is 10.8 Å². The molecule has 1 aromatic rings. The van der Waals surface area contributed by atoms with Gasteiger partial charge in [0.1, 0.15) is 10.7 Å². The molecule has 1 unspecified atom stereocenters. The number of hydrogen-bond acceptors (Lipinski definition) is 4. The van der Waals surface area contributed by atoms with Crippen LogP contribution in [0.3, 0.4) is 0 Å². The summed E-state index contributed by atoms with van der Waals surface area (Å²) in [4.78, 5) is -0.144. The minimum absolute atomic E-state index is 0.0385. The van der Waals surface area contributed by atoms with Crippen LogP contribution in [0.2, 0.25) is 0 Å². The summed E-state index contributed by atoms with van der Waals surface area (Å²) in [5.74, 6) is -0.616. The number of nitrogens with zero attached hydrogens (tertiary/aromatic N) is 1. The van der Waals surface area contributed by atoms with Gasteiger partial charge in [-0.1, -0.05) is 0 Å². The maximum atomic E-state index is 13.3. The van der Waals surface area contributed by atoms with Crippen molar-refractivity contribution < 1.29 is 17.9 Å². The number of nitrogen functional groups attached to an aromatic ring is 1. The van der Waals surface area contributed by atoms with Crippen molar-refractivity contribution in [1.29, 1.82) is 0 Å². The van der Waals surface area contributed by atoms with Crippen LogP contribution in [0.1, 0.15) is 12.8 Å². The average molecular weight is 353 g/mol. The molecule has 8 heteroatoms. The molecular weight excluding hydrogens is 339 g/mol. The van der Waals surface area contributed by atoms with E-state index in [2.05, 4.69) is 15.9 Å². The van der Waals surface area contributed by atoms with E-state index in [1.165, 1.54) is 4.31 Å². The Kier molecular flexibility index (Phi) is 4.14. The van der Waals surface area contributed by atoms with Crippen LogP contribution in [-0.2, 0) is 10.0 Å². The zero-order chi connectivity index (χ0) is 14.2. The first kappa shape index (κ1) is 14.7. The van der Waals surface area contributed by atoms with E-state index in [9.17, 15) is 17.9 Å². The first-order chi connectivity index (χ1) is 8.82. The predicted molar refractivity (Wildman–Crippen MR) is 72.5 cm³/mol. The molecule has 2 rings (SSSR count). The summed E-state index contributed by atoms with van der Waals surface area (Å²) in [6.45, 7) is 0.366. The van der Waals surface area contributed by atoms with Gasteiger partial charge in [-0.15, -0.1) is 0 Å². The van der Waals surface area contributed by atoms with Gasteiger partial charge in [0, 0.05) is 13.1 Å². The van der Waals surface area contributed by atoms with Gasteiger partial charge in [0.05, 0.1) is 16.3 Å². The molecule has 1 heterocycles. The van der Waals surface area contributed by atoms with Crippen LogP contribution in [0.25, 0.3) is 0 Å². The Bertz CT molecular complexity index is 594. The number of aliphatic hydroxyl groups excluding tert-OH is 1. The molecule has 0 spiro atoms. The number of rotatable bonds is 2. The van der Waals surface area contributed by atoms with Gasteiger partial charge >= 0.3 is 0 Å². The SMILES string of the molecule is Nc1cc(F)c(Br)cc1S(=O)(=O)N1CCCC(O)C1. The monoisotopic (exact) mass is 352 g/mol. The smallest absolute Gasteiger partial charge is 0.245 e. The quantitative estimate of drug-likeness (QED) is 0.786. The average Bonchev–Trinajstić information content (AvgIpc) is 2.33. The summed E-state index contributed by atoms with van der Waals surface area (Å²) < 4.78 is 39.3. The van der Waals surface area contributed by atoms with Crippen molar-refractivity contribution in [3.63, 3.8) is 0 Å². The predicted octanol–water partition coefficient (Wildman–Crippen LogP) is 1.32. The van der Waals surface area contributed by atoms with Gasteiger partial charge in [-0.25, -0.2) is 12.8 Å². The summed E-state index contributed by atoms with van der Waals surface area (Å²) in [6.07, 6.45) is 0.491. The third-order valence-electron chi connectivity index (χ3n) is 3.03. The fourth-order valence-electron chi connectivity index (χ4n) is 2.05. The van der Waals surface area contributed by atoms with Gasteiger partial charge in [0.2, 0.25) is 10.0 Å². The van der Waals surface area contributed by atoms with E-state index < -0.39 is 21.9 Å². The van der Waals surface area contributed by atoms with Crippen molar-refractivity contribution >= 4 is 31.6 Å². The highest BCUT2D eigenvalue weighted by Gasteiger charge is 2.31. The molecule has 1 aromatic carbocycles. The molecule has 0 saturated carbocycles. The van der Waals surface area contributed by atoms with Crippen LogP contribution in [0.5, 0.6) is 0 Å². The maximum Gasteiger partial charge on any atom is 0.245 e. The van der Waals surface area contributed by atoms with Crippen LogP contribution in [0.4, 0.5) is 10.1 Å². The second kappa shape index (κ2) is 5.35. The van der Waals surface area contributed by atoms with Gasteiger partial charge in [-0.05, 0) is 40.9 Å². The molecule has 1 atom stereocenters. The molecule has 1 aliphatic rings. The second-order valence-corrected chi connectivity index (χ2v) is 7.22. The lowest BCUT2D eigenvalue weighted by Gasteiger charge is -2.29. The fraction of sp³-hybridized carbons (Fsp3) is 0.455. The van der Waals surface area contributed by atoms with E-state index in [1.807, 2.05) is 0 Å². The van der Waals surface area contributed by atoms with E-state index in [4.69, 9.17) is 5.73 Å². The summed E-state index contributed by atoms with van der Waals surface area (Å²) in [5.41, 5.74) is 5.45. The normalized spacial score (nSPS) is 21.5. The number of benzene rings is 1. The number of halogens is 2. The van der Waals surface area contributed by atoms with Crippen molar-refractivity contribution in [2.75, 3.05) is 18.8 Å². The highest BCUT2D eigenvalue weighted by Crippen LogP contribution is 2.29. The molecule has 5 nitrogen and oxygen atoms in total. The summed E-state index contributed by atoms with van der Waals surface area (Å²) in [6, 6.07) is 2.12. The van der Waals surface area contributed by atoms with Crippen molar-refractivity contribution in [2.45, 2.75) is 23.8 Å². The van der Waals surface area contributed by atoms with Crippen molar-refractivity contribution in [1.82, 2.24) is 4.31 Å². The zero-order valence-corrected chi connectivity index (χ0v) is 12.4. The molecule has 19 heavy (non-hydrogen) atoms. The molecule has 1 saturated heterocycles. The molecule has 1 aliphatic heterocycles. The maximum absolute atomic E-state index is 13.3. The van der Waals surface area contributed by atoms with E-state index in [0.717, 1.165) is 12.1 Å². The molecule has 0 radical (unpaired) electrons. The third kappa shape index (κ3) is 2.91. The molecule has 3 N–H and O–H groups in total. The highest BCUT2D eigenvalue weighted by atomic mass is 79.9. The minimum atomic E-state index is -3.81. The number of hydrogen-bond donors (Lipinski definition) is 2. The number of aliphatic hydroxyl groups is 1. The summed E-state index contributed by atoms with van der Waals surface area (Å²) in [5, 5.41) is 9.55. The van der Waals surface area contributed by atoms with E-state index in [0.29, 0.717) is 19.4 Å². The number of piperidine rings is 1. The molecular formula is C11H14BrFN2O3S. The van der Waals surface area contributed by atoms with Crippen molar-refractivity contribution in [2.24, 2.45) is 0 Å². The molecule has 0 amide bonds. The van der Waals surface area contributed by atoms with Crippen LogP contribution >= 0.6 is 15.9 Å². The fourth-order valence-corrected chi connectivity index (χ4v) is 4.18. The van der Waals surface area contributed by atoms with Gasteiger partial charge in [-0.3, -0.25) is 0 Å². The number of sulfonamides is 1. The third-order valence-corrected chi connectivity index (χ3v) is 5.56. The van der Waals surface area contributed by atoms with Crippen LogP contribution in [-0.4, -0.2) is 37.0 Å². The Morgan fingerprint density at radius 2 is 2.16 bits per heavy atom. The number of β-amino-alcohol motifs (C(OH)–C–C–N with tert-alkyl or cyclic N) is 1. The van der Waals surface area contributed by atoms with Crippen LogP contribution in [0.15, 0.2) is 21.5 Å². The van der Waals surface area contributed by atoms with Crippen LogP contribution in [0, 0.1) is 5.82 Å². The van der Waals surface area contributed by atoms with Gasteiger partial charge in [0.15, 0.2) is 0 Å². The summed E-state index contributed by atoms with van der Waals surface area (Å²) in [7, 11) is -3.81. The van der Waals surface area contributed by atoms with E-state index in [-0.39, 0.29) is 21.6 Å². The number of anilines is 1. The molecule has 0 bridgehead atoms. The van der Waals surface area contributed by atoms with Crippen molar-refractivity contribution in [3.05, 3.63) is 22.4 Å². The molecule has 0 aromatic heterocycles. The topological polar surface area (TPSA) is 83.6 Å². The first-order valence-corrected chi connectivity index (χ1v) is 7.98. The summed E-state index contributed by atoms with van der Waals surface area (Å²) >= 11 is 2.95. The number of nitrogens with two attached hydrogens (primary N) is 1. The first-order valence-electron chi connectivity index (χ1n) is 5.75. The largest absolute Gasteiger partial charge is 0.398 e. The molecule has 106 valence electrons. The minimum Gasteiger partial charge on any atom is -0.398 e. The van der Waals surface area contributed by atoms with Gasteiger partial charge in [0.25, 0.3) is 0 Å². The highest BCUT2D eigenvalue weighted by molar-refractivity contribution is 9.10. The lowest BCUT2D eigenvalue weighted by Crippen LogP contribution is -2.42. The lowest BCUT2D eigenvalue weighted by molar-refractivity contribution is 0.108. The Labute approximate surface area is 119 Å². The lowest BCUT2D eigenvalue weighted by atomic mass is 10.1.